The number of aldehydes is 1. The number of carbonyl (C=O) groups excluding carboxylic acids is 1. The molecular weight excluding hydrogens is 126 g/mol. The molecule has 0 aliphatic carbocycles. The number of hydrogen-bond donors (Lipinski definition) is 0. The topological polar surface area (TPSA) is 20.9 Å². The van der Waals surface area contributed by atoms with Crippen LogP contribution < -0.4 is 4.57 Å². The average Bonchev–Trinajstić information content (AvgIpc) is 1.95. The lowest BCUT2D eigenvalue weighted by Gasteiger charge is -1.89. The zero-order chi connectivity index (χ0) is 7.40. The SMILES string of the molecule is Cc1cc[n+](CC=O)cc1. The molecule has 0 aliphatic rings. The van der Waals surface area contributed by atoms with Crippen LogP contribution in [0.15, 0.2) is 24.5 Å². The zero-order valence-corrected chi connectivity index (χ0v) is 5.95. The second kappa shape index (κ2) is 3.11. The minimum absolute atomic E-state index is 0.445. The van der Waals surface area contributed by atoms with Gasteiger partial charge in [-0.3, -0.25) is 4.79 Å². The molecule has 2 nitrogen and oxygen atoms in total. The van der Waals surface area contributed by atoms with E-state index in [1.807, 2.05) is 36.0 Å². The van der Waals surface area contributed by atoms with Crippen LogP contribution in [0.4, 0.5) is 0 Å². The Morgan fingerprint density at radius 2 is 2.10 bits per heavy atom. The van der Waals surface area contributed by atoms with Gasteiger partial charge in [0.2, 0.25) is 6.54 Å². The maximum Gasteiger partial charge on any atom is 0.203 e. The summed E-state index contributed by atoms with van der Waals surface area (Å²) in [6.45, 7) is 2.46. The van der Waals surface area contributed by atoms with Crippen LogP contribution in [0.3, 0.4) is 0 Å². The van der Waals surface area contributed by atoms with Gasteiger partial charge in [0.05, 0.1) is 0 Å². The van der Waals surface area contributed by atoms with Crippen LogP contribution in [0.2, 0.25) is 0 Å². The quantitative estimate of drug-likeness (QED) is 0.428. The van der Waals surface area contributed by atoms with Crippen molar-refractivity contribution in [1.82, 2.24) is 0 Å². The number of carbonyl (C=O) groups is 1. The van der Waals surface area contributed by atoms with E-state index in [9.17, 15) is 4.79 Å². The van der Waals surface area contributed by atoms with Gasteiger partial charge in [-0.25, -0.2) is 0 Å². The van der Waals surface area contributed by atoms with Crippen LogP contribution in [0.25, 0.3) is 0 Å². The fourth-order valence-electron chi connectivity index (χ4n) is 0.740. The first-order valence-corrected chi connectivity index (χ1v) is 3.22. The normalized spacial score (nSPS) is 9.30. The van der Waals surface area contributed by atoms with Crippen molar-refractivity contribution in [2.75, 3.05) is 0 Å². The summed E-state index contributed by atoms with van der Waals surface area (Å²) >= 11 is 0. The Balaban J connectivity index is 2.78. The molecule has 1 aromatic heterocycles. The molecule has 0 N–H and O–H groups in total. The first-order chi connectivity index (χ1) is 4.83. The van der Waals surface area contributed by atoms with Crippen molar-refractivity contribution in [3.8, 4) is 0 Å². The van der Waals surface area contributed by atoms with Crippen molar-refractivity contribution in [2.45, 2.75) is 13.5 Å². The molecule has 1 heterocycles. The molecule has 0 saturated carbocycles. The van der Waals surface area contributed by atoms with Gasteiger partial charge >= 0.3 is 0 Å². The molecule has 0 aromatic carbocycles. The first kappa shape index (κ1) is 6.93. The highest BCUT2D eigenvalue weighted by Gasteiger charge is 1.94. The van der Waals surface area contributed by atoms with Crippen LogP contribution in [-0.4, -0.2) is 6.29 Å². The van der Waals surface area contributed by atoms with Crippen molar-refractivity contribution in [3.63, 3.8) is 0 Å². The Morgan fingerprint density at radius 3 is 2.60 bits per heavy atom. The summed E-state index contributed by atoms with van der Waals surface area (Å²) in [6.07, 6.45) is 4.67. The predicted octanol–water partition coefficient (Wildman–Crippen LogP) is 0.481. The summed E-state index contributed by atoms with van der Waals surface area (Å²) in [6, 6.07) is 3.95. The average molecular weight is 136 g/mol. The lowest BCUT2D eigenvalue weighted by molar-refractivity contribution is -0.683. The van der Waals surface area contributed by atoms with Crippen LogP contribution >= 0.6 is 0 Å². The third-order valence-electron chi connectivity index (χ3n) is 1.34. The van der Waals surface area contributed by atoms with E-state index in [2.05, 4.69) is 0 Å². The molecule has 0 aliphatic heterocycles. The number of aromatic nitrogens is 1. The van der Waals surface area contributed by atoms with Crippen LogP contribution in [-0.2, 0) is 11.3 Å². The molecule has 52 valence electrons. The Kier molecular flexibility index (Phi) is 2.15. The van der Waals surface area contributed by atoms with Crippen molar-refractivity contribution in [3.05, 3.63) is 30.1 Å². The molecule has 1 rings (SSSR count). The second-order valence-electron chi connectivity index (χ2n) is 2.24. The van der Waals surface area contributed by atoms with Gasteiger partial charge in [-0.1, -0.05) is 0 Å². The third kappa shape index (κ3) is 1.65. The minimum Gasteiger partial charge on any atom is -0.296 e. The van der Waals surface area contributed by atoms with Gasteiger partial charge in [0.25, 0.3) is 0 Å². The van der Waals surface area contributed by atoms with Crippen LogP contribution in [0.5, 0.6) is 0 Å². The molecule has 0 bridgehead atoms. The van der Waals surface area contributed by atoms with Crippen molar-refractivity contribution < 1.29 is 9.36 Å². The molecule has 1 aromatic rings. The summed E-state index contributed by atoms with van der Waals surface area (Å²) in [7, 11) is 0. The van der Waals surface area contributed by atoms with E-state index in [-0.39, 0.29) is 0 Å². The van der Waals surface area contributed by atoms with E-state index >= 15 is 0 Å². The van der Waals surface area contributed by atoms with Gasteiger partial charge in [-0.05, 0) is 12.5 Å². The molecule has 0 amide bonds. The predicted molar refractivity (Wildman–Crippen MR) is 37.4 cm³/mol. The summed E-state index contributed by atoms with van der Waals surface area (Å²) in [5, 5.41) is 0. The van der Waals surface area contributed by atoms with Gasteiger partial charge < -0.3 is 0 Å². The van der Waals surface area contributed by atoms with Crippen molar-refractivity contribution >= 4 is 6.29 Å². The highest BCUT2D eigenvalue weighted by molar-refractivity contribution is 5.46. The fraction of sp³-hybridized carbons (Fsp3) is 0.250. The highest BCUT2D eigenvalue weighted by atomic mass is 16.1. The molecular formula is C8H10NO+. The molecule has 0 radical (unpaired) electrons. The van der Waals surface area contributed by atoms with E-state index in [0.29, 0.717) is 6.54 Å². The second-order valence-corrected chi connectivity index (χ2v) is 2.24. The molecule has 0 saturated heterocycles. The van der Waals surface area contributed by atoms with Crippen molar-refractivity contribution in [2.24, 2.45) is 0 Å². The lowest BCUT2D eigenvalue weighted by Crippen LogP contribution is -2.33. The Labute approximate surface area is 60.1 Å². The van der Waals surface area contributed by atoms with Gasteiger partial charge in [0, 0.05) is 12.1 Å². The monoisotopic (exact) mass is 136 g/mol. The third-order valence-corrected chi connectivity index (χ3v) is 1.34. The maximum atomic E-state index is 10.0. The summed E-state index contributed by atoms with van der Waals surface area (Å²) < 4.78 is 1.83. The van der Waals surface area contributed by atoms with Gasteiger partial charge in [-0.2, -0.15) is 4.57 Å². The Hall–Kier alpha value is -1.18. The zero-order valence-electron chi connectivity index (χ0n) is 5.95. The minimum atomic E-state index is 0.445. The van der Waals surface area contributed by atoms with Gasteiger partial charge in [0.15, 0.2) is 18.7 Å². The number of hydrogen-bond acceptors (Lipinski definition) is 1. The van der Waals surface area contributed by atoms with E-state index in [4.69, 9.17) is 0 Å². The van der Waals surface area contributed by atoms with Gasteiger partial charge in [-0.15, -0.1) is 0 Å². The number of aryl methyl sites for hydroxylation is 1. The van der Waals surface area contributed by atoms with Crippen molar-refractivity contribution in [1.29, 1.82) is 0 Å². The molecule has 0 fully saturated rings. The molecule has 0 atom stereocenters. The molecule has 2 heteroatoms. The number of nitrogens with zero attached hydrogens (tertiary/aromatic N) is 1. The fourth-order valence-corrected chi connectivity index (χ4v) is 0.740. The van der Waals surface area contributed by atoms with E-state index < -0.39 is 0 Å². The first-order valence-electron chi connectivity index (χ1n) is 3.22. The Morgan fingerprint density at radius 1 is 1.50 bits per heavy atom. The van der Waals surface area contributed by atoms with Crippen LogP contribution in [0, 0.1) is 6.92 Å². The smallest absolute Gasteiger partial charge is 0.203 e. The van der Waals surface area contributed by atoms with E-state index in [1.165, 1.54) is 5.56 Å². The number of pyridine rings is 1. The van der Waals surface area contributed by atoms with Crippen LogP contribution in [0.1, 0.15) is 5.56 Å². The summed E-state index contributed by atoms with van der Waals surface area (Å²) in [4.78, 5) is 10.0. The number of rotatable bonds is 2. The van der Waals surface area contributed by atoms with E-state index in [1.54, 1.807) is 0 Å². The largest absolute Gasteiger partial charge is 0.296 e. The van der Waals surface area contributed by atoms with E-state index in [0.717, 1.165) is 6.29 Å². The highest BCUT2D eigenvalue weighted by Crippen LogP contribution is 1.88. The molecule has 0 unspecified atom stereocenters. The standard InChI is InChI=1S/C8H10NO/c1-8-2-4-9(5-3-8)6-7-10/h2-5,7H,6H2,1H3/q+1. The summed E-state index contributed by atoms with van der Waals surface area (Å²) in [5.74, 6) is 0. The molecule has 0 spiro atoms. The summed E-state index contributed by atoms with van der Waals surface area (Å²) in [5.41, 5.74) is 1.21. The lowest BCUT2D eigenvalue weighted by atomic mass is 10.3. The maximum absolute atomic E-state index is 10.0. The Bertz CT molecular complexity index is 215. The molecule has 10 heavy (non-hydrogen) atoms. The van der Waals surface area contributed by atoms with Gasteiger partial charge in [0.1, 0.15) is 0 Å².